The number of hydrogen-bond donors (Lipinski definition) is 1. The van der Waals surface area contributed by atoms with Crippen molar-refractivity contribution in [3.63, 3.8) is 0 Å². The van der Waals surface area contributed by atoms with Crippen LogP contribution in [0.1, 0.15) is 41.9 Å². The Bertz CT molecular complexity index is 783. The zero-order valence-electron chi connectivity index (χ0n) is 15.4. The highest BCUT2D eigenvalue weighted by atomic mass is 16.7. The maximum absolute atomic E-state index is 12.6. The van der Waals surface area contributed by atoms with Crippen LogP contribution in [0.25, 0.3) is 0 Å². The van der Waals surface area contributed by atoms with Gasteiger partial charge in [0.1, 0.15) is 17.8 Å². The number of aromatic nitrogens is 2. The Kier molecular flexibility index (Phi) is 5.05. The summed E-state index contributed by atoms with van der Waals surface area (Å²) in [5, 5.41) is 2.99. The molecule has 0 aliphatic carbocycles. The van der Waals surface area contributed by atoms with E-state index in [2.05, 4.69) is 20.2 Å². The van der Waals surface area contributed by atoms with Crippen LogP contribution in [0, 0.1) is 0 Å². The van der Waals surface area contributed by atoms with Crippen molar-refractivity contribution in [2.45, 2.75) is 31.6 Å². The molecule has 1 aromatic heterocycles. The van der Waals surface area contributed by atoms with Crippen LogP contribution in [0.4, 0.5) is 5.82 Å². The third-order valence-corrected chi connectivity index (χ3v) is 5.20. The average molecular weight is 368 g/mol. The first-order valence-corrected chi connectivity index (χ1v) is 9.36. The summed E-state index contributed by atoms with van der Waals surface area (Å²) in [7, 11) is 0. The molecule has 2 fully saturated rings. The zero-order chi connectivity index (χ0) is 18.7. The molecule has 0 saturated carbocycles. The Labute approximate surface area is 158 Å². The zero-order valence-corrected chi connectivity index (χ0v) is 15.4. The molecule has 1 amide bonds. The van der Waals surface area contributed by atoms with Gasteiger partial charge in [0.2, 0.25) is 0 Å². The Morgan fingerprint density at radius 3 is 2.56 bits per heavy atom. The van der Waals surface area contributed by atoms with Gasteiger partial charge in [-0.25, -0.2) is 9.97 Å². The molecular weight excluding hydrogens is 344 g/mol. The van der Waals surface area contributed by atoms with Crippen LogP contribution in [0.3, 0.4) is 0 Å². The molecule has 1 N–H and O–H groups in total. The van der Waals surface area contributed by atoms with Gasteiger partial charge in [-0.05, 0) is 12.5 Å². The summed E-state index contributed by atoms with van der Waals surface area (Å²) in [6.45, 7) is 4.84. The Morgan fingerprint density at radius 2 is 1.85 bits per heavy atom. The lowest BCUT2D eigenvalue weighted by Gasteiger charge is -2.38. The SMILES string of the molecule is CC(NC(=O)c1cc(N2CCC3(CC2)OCCO3)ncn1)c1ccccc1. The van der Waals surface area contributed by atoms with Crippen LogP contribution in [0.5, 0.6) is 0 Å². The van der Waals surface area contributed by atoms with E-state index < -0.39 is 5.79 Å². The van der Waals surface area contributed by atoms with Gasteiger partial charge < -0.3 is 19.7 Å². The summed E-state index contributed by atoms with van der Waals surface area (Å²) in [6, 6.07) is 11.5. The summed E-state index contributed by atoms with van der Waals surface area (Å²) in [4.78, 5) is 23.3. The summed E-state index contributed by atoms with van der Waals surface area (Å²) in [5.74, 6) is 0.135. The van der Waals surface area contributed by atoms with Gasteiger partial charge in [0, 0.05) is 32.0 Å². The first kappa shape index (κ1) is 17.9. The fourth-order valence-corrected chi connectivity index (χ4v) is 3.60. The average Bonchev–Trinajstić information content (AvgIpc) is 3.17. The molecule has 27 heavy (non-hydrogen) atoms. The Hall–Kier alpha value is -2.51. The maximum Gasteiger partial charge on any atom is 0.270 e. The van der Waals surface area contributed by atoms with Gasteiger partial charge in [-0.2, -0.15) is 0 Å². The van der Waals surface area contributed by atoms with E-state index in [0.717, 1.165) is 37.3 Å². The standard InChI is InChI=1S/C20H24N4O3/c1-15(16-5-3-2-4-6-16)23-19(25)17-13-18(22-14-21-17)24-9-7-20(8-10-24)26-11-12-27-20/h2-6,13-15H,7-12H2,1H3,(H,23,25). The van der Waals surface area contributed by atoms with Crippen LogP contribution >= 0.6 is 0 Å². The number of rotatable bonds is 4. The highest BCUT2D eigenvalue weighted by Crippen LogP contribution is 2.32. The molecular formula is C20H24N4O3. The molecule has 2 aliphatic heterocycles. The van der Waals surface area contributed by atoms with Crippen LogP contribution < -0.4 is 10.2 Å². The van der Waals surface area contributed by atoms with E-state index in [1.54, 1.807) is 6.07 Å². The van der Waals surface area contributed by atoms with Crippen molar-refractivity contribution in [1.29, 1.82) is 0 Å². The van der Waals surface area contributed by atoms with Crippen LogP contribution in [0.15, 0.2) is 42.7 Å². The molecule has 7 nitrogen and oxygen atoms in total. The molecule has 0 radical (unpaired) electrons. The summed E-state index contributed by atoms with van der Waals surface area (Å²) in [6.07, 6.45) is 3.04. The van der Waals surface area contributed by atoms with Gasteiger partial charge in [0.15, 0.2) is 5.79 Å². The number of carbonyl (C=O) groups is 1. The van der Waals surface area contributed by atoms with Gasteiger partial charge in [0.25, 0.3) is 5.91 Å². The van der Waals surface area contributed by atoms with E-state index >= 15 is 0 Å². The van der Waals surface area contributed by atoms with E-state index in [4.69, 9.17) is 9.47 Å². The van der Waals surface area contributed by atoms with Crippen LogP contribution in [-0.4, -0.2) is 48.0 Å². The molecule has 1 aromatic carbocycles. The quantitative estimate of drug-likeness (QED) is 0.892. The lowest BCUT2D eigenvalue weighted by Crippen LogP contribution is -2.45. The van der Waals surface area contributed by atoms with Crippen molar-refractivity contribution in [3.05, 3.63) is 54.0 Å². The molecule has 1 atom stereocenters. The van der Waals surface area contributed by atoms with Gasteiger partial charge in [-0.1, -0.05) is 30.3 Å². The van der Waals surface area contributed by atoms with Crippen molar-refractivity contribution in [3.8, 4) is 0 Å². The van der Waals surface area contributed by atoms with Crippen molar-refractivity contribution in [2.75, 3.05) is 31.2 Å². The van der Waals surface area contributed by atoms with E-state index in [1.807, 2.05) is 37.3 Å². The third kappa shape index (κ3) is 3.94. The van der Waals surface area contributed by atoms with Crippen molar-refractivity contribution < 1.29 is 14.3 Å². The number of benzene rings is 1. The van der Waals surface area contributed by atoms with E-state index in [0.29, 0.717) is 18.9 Å². The number of carbonyl (C=O) groups excluding carboxylic acids is 1. The predicted octanol–water partition coefficient (Wildman–Crippen LogP) is 2.31. The number of hydrogen-bond acceptors (Lipinski definition) is 6. The van der Waals surface area contributed by atoms with Gasteiger partial charge in [0.05, 0.1) is 19.3 Å². The summed E-state index contributed by atoms with van der Waals surface area (Å²) >= 11 is 0. The molecule has 1 spiro atoms. The first-order valence-electron chi connectivity index (χ1n) is 9.36. The number of anilines is 1. The molecule has 7 heteroatoms. The highest BCUT2D eigenvalue weighted by molar-refractivity contribution is 5.93. The number of nitrogens with zero attached hydrogens (tertiary/aromatic N) is 3. The van der Waals surface area contributed by atoms with Crippen molar-refractivity contribution >= 4 is 11.7 Å². The van der Waals surface area contributed by atoms with E-state index in [-0.39, 0.29) is 11.9 Å². The second-order valence-electron chi connectivity index (χ2n) is 6.96. The van der Waals surface area contributed by atoms with Gasteiger partial charge >= 0.3 is 0 Å². The molecule has 2 saturated heterocycles. The highest BCUT2D eigenvalue weighted by Gasteiger charge is 2.40. The number of ether oxygens (including phenoxy) is 2. The maximum atomic E-state index is 12.6. The van der Waals surface area contributed by atoms with E-state index in [9.17, 15) is 4.79 Å². The molecule has 1 unspecified atom stereocenters. The Balaban J connectivity index is 1.41. The number of nitrogens with one attached hydrogen (secondary N) is 1. The second kappa shape index (κ2) is 7.62. The molecule has 142 valence electrons. The topological polar surface area (TPSA) is 76.6 Å². The lowest BCUT2D eigenvalue weighted by molar-refractivity contribution is -0.169. The minimum absolute atomic E-state index is 0.0939. The normalized spacial score (nSPS) is 19.8. The number of piperidine rings is 1. The Morgan fingerprint density at radius 1 is 1.15 bits per heavy atom. The predicted molar refractivity (Wildman–Crippen MR) is 100 cm³/mol. The second-order valence-corrected chi connectivity index (χ2v) is 6.96. The fourth-order valence-electron chi connectivity index (χ4n) is 3.60. The largest absolute Gasteiger partial charge is 0.356 e. The minimum atomic E-state index is -0.422. The summed E-state index contributed by atoms with van der Waals surface area (Å²) < 4.78 is 11.5. The summed E-state index contributed by atoms with van der Waals surface area (Å²) in [5.41, 5.74) is 1.43. The molecule has 4 rings (SSSR count). The van der Waals surface area contributed by atoms with Crippen LogP contribution in [0.2, 0.25) is 0 Å². The third-order valence-electron chi connectivity index (χ3n) is 5.20. The van der Waals surface area contributed by atoms with Crippen molar-refractivity contribution in [2.24, 2.45) is 0 Å². The van der Waals surface area contributed by atoms with Crippen molar-refractivity contribution in [1.82, 2.24) is 15.3 Å². The molecule has 2 aromatic rings. The minimum Gasteiger partial charge on any atom is -0.356 e. The van der Waals surface area contributed by atoms with Crippen LogP contribution in [-0.2, 0) is 9.47 Å². The molecule has 0 bridgehead atoms. The van der Waals surface area contributed by atoms with E-state index in [1.165, 1.54) is 6.33 Å². The first-order chi connectivity index (χ1) is 13.2. The lowest BCUT2D eigenvalue weighted by atomic mass is 10.0. The van der Waals surface area contributed by atoms with Gasteiger partial charge in [-0.15, -0.1) is 0 Å². The number of amides is 1. The smallest absolute Gasteiger partial charge is 0.270 e. The fraction of sp³-hybridized carbons (Fsp3) is 0.450. The molecule has 3 heterocycles. The monoisotopic (exact) mass is 368 g/mol. The van der Waals surface area contributed by atoms with Gasteiger partial charge in [-0.3, -0.25) is 4.79 Å². The molecule has 2 aliphatic rings.